The first kappa shape index (κ1) is 33.2. The number of nitrogens with one attached hydrogen (secondary N) is 1. The van der Waals surface area contributed by atoms with Crippen molar-refractivity contribution in [3.63, 3.8) is 0 Å². The highest BCUT2D eigenvalue weighted by Gasteiger charge is 2.35. The molecule has 45 heavy (non-hydrogen) atoms. The molecule has 0 saturated carbocycles. The molecule has 4 aromatic rings. The Morgan fingerprint density at radius 1 is 0.844 bits per heavy atom. The number of anilines is 1. The van der Waals surface area contributed by atoms with E-state index in [-0.39, 0.29) is 41.5 Å². The van der Waals surface area contributed by atoms with E-state index in [4.69, 9.17) is 4.74 Å². The van der Waals surface area contributed by atoms with Crippen LogP contribution in [0.15, 0.2) is 114 Å². The summed E-state index contributed by atoms with van der Waals surface area (Å²) in [6, 6.07) is 28.5. The number of amides is 2. The number of rotatable bonds is 15. The normalized spacial score (nSPS) is 11.8. The molecule has 0 aliphatic heterocycles. The topological polar surface area (TPSA) is 96.0 Å². The summed E-state index contributed by atoms with van der Waals surface area (Å²) in [6.07, 6.45) is 0.805. The maximum absolute atomic E-state index is 15.0. The highest BCUT2D eigenvalue weighted by Crippen LogP contribution is 2.33. The Hall–Kier alpha value is -4.70. The van der Waals surface area contributed by atoms with E-state index in [0.717, 1.165) is 9.87 Å². The van der Waals surface area contributed by atoms with Crippen molar-refractivity contribution in [2.75, 3.05) is 24.0 Å². The van der Waals surface area contributed by atoms with Gasteiger partial charge in [-0.3, -0.25) is 13.9 Å². The summed E-state index contributed by atoms with van der Waals surface area (Å²) in [5, 5.41) is 2.88. The van der Waals surface area contributed by atoms with Gasteiger partial charge < -0.3 is 15.0 Å². The largest absolute Gasteiger partial charge is 0.492 e. The molecule has 0 saturated heterocycles. The van der Waals surface area contributed by atoms with Gasteiger partial charge in [0, 0.05) is 25.1 Å². The Morgan fingerprint density at radius 2 is 1.47 bits per heavy atom. The summed E-state index contributed by atoms with van der Waals surface area (Å²) < 4.78 is 50.1. The second-order valence-electron chi connectivity index (χ2n) is 10.3. The standard InChI is InChI=1S/C35H38FN3O5S/c1-3-23-37-35(41)32(24-27-15-7-5-8-16-27)38(25-28-17-11-12-20-30(28)36)34(40)26-39(31-21-13-14-22-33(31)44-4-2)45(42,43)29-18-9-6-10-19-29/h5-22,32H,3-4,23-26H2,1-2H3,(H,37,41)/t32-/m0/s1. The third-order valence-electron chi connectivity index (χ3n) is 7.16. The fourth-order valence-electron chi connectivity index (χ4n) is 4.90. The van der Waals surface area contributed by atoms with Gasteiger partial charge in [-0.25, -0.2) is 12.8 Å². The zero-order valence-corrected chi connectivity index (χ0v) is 26.3. The Labute approximate surface area is 264 Å². The van der Waals surface area contributed by atoms with Crippen LogP contribution in [0, 0.1) is 5.82 Å². The molecule has 1 N–H and O–H groups in total. The molecule has 4 rings (SSSR count). The highest BCUT2D eigenvalue weighted by atomic mass is 32.2. The molecule has 0 radical (unpaired) electrons. The zero-order valence-electron chi connectivity index (χ0n) is 25.4. The minimum Gasteiger partial charge on any atom is -0.492 e. The van der Waals surface area contributed by atoms with Crippen molar-refractivity contribution in [3.8, 4) is 5.75 Å². The van der Waals surface area contributed by atoms with Crippen LogP contribution in [-0.2, 0) is 32.6 Å². The number of halogens is 1. The summed E-state index contributed by atoms with van der Waals surface area (Å²) in [7, 11) is -4.29. The fourth-order valence-corrected chi connectivity index (χ4v) is 6.35. The van der Waals surface area contributed by atoms with Crippen molar-refractivity contribution in [3.05, 3.63) is 126 Å². The molecule has 0 fully saturated rings. The first-order valence-corrected chi connectivity index (χ1v) is 16.3. The lowest BCUT2D eigenvalue weighted by Gasteiger charge is -2.34. The van der Waals surface area contributed by atoms with Gasteiger partial charge in [-0.15, -0.1) is 0 Å². The van der Waals surface area contributed by atoms with Crippen molar-refractivity contribution in [2.24, 2.45) is 0 Å². The maximum atomic E-state index is 15.0. The number of ether oxygens (including phenoxy) is 1. The van der Waals surface area contributed by atoms with Gasteiger partial charge >= 0.3 is 0 Å². The van der Waals surface area contributed by atoms with E-state index < -0.39 is 40.2 Å². The molecule has 2 amide bonds. The zero-order chi connectivity index (χ0) is 32.2. The fraction of sp³-hybridized carbons (Fsp3) is 0.257. The molecule has 0 spiro atoms. The van der Waals surface area contributed by atoms with Crippen LogP contribution < -0.4 is 14.4 Å². The number of sulfonamides is 1. The lowest BCUT2D eigenvalue weighted by molar-refractivity contribution is -0.140. The Morgan fingerprint density at radius 3 is 2.13 bits per heavy atom. The van der Waals surface area contributed by atoms with Crippen LogP contribution in [0.1, 0.15) is 31.4 Å². The minimum atomic E-state index is -4.29. The first-order valence-electron chi connectivity index (χ1n) is 14.9. The number of hydrogen-bond acceptors (Lipinski definition) is 5. The Balaban J connectivity index is 1.83. The summed E-state index contributed by atoms with van der Waals surface area (Å²) in [6.45, 7) is 3.41. The monoisotopic (exact) mass is 631 g/mol. The van der Waals surface area contributed by atoms with Crippen molar-refractivity contribution in [2.45, 2.75) is 44.2 Å². The number of hydrogen-bond donors (Lipinski definition) is 1. The molecule has 0 aliphatic carbocycles. The van der Waals surface area contributed by atoms with Gasteiger partial charge in [0.15, 0.2) is 0 Å². The number of carbonyl (C=O) groups is 2. The van der Waals surface area contributed by atoms with Crippen LogP contribution in [0.3, 0.4) is 0 Å². The van der Waals surface area contributed by atoms with Crippen molar-refractivity contribution in [1.29, 1.82) is 0 Å². The van der Waals surface area contributed by atoms with Crippen LogP contribution in [0.5, 0.6) is 5.75 Å². The second kappa shape index (κ2) is 15.9. The lowest BCUT2D eigenvalue weighted by Crippen LogP contribution is -2.53. The van der Waals surface area contributed by atoms with E-state index in [1.165, 1.54) is 23.1 Å². The molecular weight excluding hydrogens is 593 g/mol. The van der Waals surface area contributed by atoms with Gasteiger partial charge in [-0.05, 0) is 49.2 Å². The van der Waals surface area contributed by atoms with Gasteiger partial charge in [0.25, 0.3) is 10.0 Å². The van der Waals surface area contributed by atoms with E-state index in [1.807, 2.05) is 37.3 Å². The quantitative estimate of drug-likeness (QED) is 0.185. The lowest BCUT2D eigenvalue weighted by atomic mass is 10.0. The molecule has 1 atom stereocenters. The van der Waals surface area contributed by atoms with Crippen molar-refractivity contribution >= 4 is 27.5 Å². The average Bonchev–Trinajstić information content (AvgIpc) is 3.06. The number of benzene rings is 4. The summed E-state index contributed by atoms with van der Waals surface area (Å²) in [4.78, 5) is 29.4. The maximum Gasteiger partial charge on any atom is 0.264 e. The predicted molar refractivity (Wildman–Crippen MR) is 173 cm³/mol. The predicted octanol–water partition coefficient (Wildman–Crippen LogP) is 5.59. The van der Waals surface area contributed by atoms with Crippen LogP contribution in [0.25, 0.3) is 0 Å². The third-order valence-corrected chi connectivity index (χ3v) is 8.94. The van der Waals surface area contributed by atoms with Gasteiger partial charge in [0.2, 0.25) is 11.8 Å². The van der Waals surface area contributed by atoms with Gasteiger partial charge in [-0.2, -0.15) is 0 Å². The van der Waals surface area contributed by atoms with Crippen molar-refractivity contribution < 1.29 is 27.1 Å². The van der Waals surface area contributed by atoms with E-state index in [0.29, 0.717) is 13.0 Å². The Kier molecular flexibility index (Phi) is 11.7. The SMILES string of the molecule is CCCNC(=O)[C@H](Cc1ccccc1)N(Cc1ccccc1F)C(=O)CN(c1ccccc1OCC)S(=O)(=O)c1ccccc1. The number of nitrogens with zero attached hydrogens (tertiary/aromatic N) is 2. The van der Waals surface area contributed by atoms with E-state index in [9.17, 15) is 18.0 Å². The van der Waals surface area contributed by atoms with E-state index in [2.05, 4.69) is 5.32 Å². The van der Waals surface area contributed by atoms with Crippen LogP contribution in [-0.4, -0.2) is 50.9 Å². The molecule has 0 aliphatic rings. The van der Waals surface area contributed by atoms with E-state index in [1.54, 1.807) is 67.6 Å². The summed E-state index contributed by atoms with van der Waals surface area (Å²) in [5.41, 5.74) is 1.15. The molecule has 0 heterocycles. The van der Waals surface area contributed by atoms with Crippen LogP contribution in [0.4, 0.5) is 10.1 Å². The van der Waals surface area contributed by atoms with Crippen molar-refractivity contribution in [1.82, 2.24) is 10.2 Å². The van der Waals surface area contributed by atoms with Gasteiger partial charge in [-0.1, -0.05) is 85.8 Å². The van der Waals surface area contributed by atoms with Gasteiger partial charge in [0.1, 0.15) is 24.2 Å². The highest BCUT2D eigenvalue weighted by molar-refractivity contribution is 7.92. The van der Waals surface area contributed by atoms with Gasteiger partial charge in [0.05, 0.1) is 17.2 Å². The number of carbonyl (C=O) groups excluding carboxylic acids is 2. The number of para-hydroxylation sites is 2. The summed E-state index contributed by atoms with van der Waals surface area (Å²) >= 11 is 0. The first-order chi connectivity index (χ1) is 21.8. The molecule has 0 aromatic heterocycles. The van der Waals surface area contributed by atoms with Crippen LogP contribution >= 0.6 is 0 Å². The molecular formula is C35H38FN3O5S. The molecule has 4 aromatic carbocycles. The smallest absolute Gasteiger partial charge is 0.264 e. The molecule has 0 unspecified atom stereocenters. The molecule has 236 valence electrons. The molecule has 0 bridgehead atoms. The molecule has 10 heteroatoms. The van der Waals surface area contributed by atoms with E-state index >= 15 is 4.39 Å². The molecule has 8 nitrogen and oxygen atoms in total. The summed E-state index contributed by atoms with van der Waals surface area (Å²) in [5.74, 6) is -1.37. The minimum absolute atomic E-state index is 0.0220. The second-order valence-corrected chi connectivity index (χ2v) is 12.2. The average molecular weight is 632 g/mol. The van der Waals surface area contributed by atoms with Crippen LogP contribution in [0.2, 0.25) is 0 Å². The Bertz CT molecular complexity index is 1670. The third kappa shape index (κ3) is 8.48.